The van der Waals surface area contributed by atoms with Gasteiger partial charge in [-0.1, -0.05) is 34.6 Å². The van der Waals surface area contributed by atoms with Crippen LogP contribution in [-0.4, -0.2) is 26.2 Å². The van der Waals surface area contributed by atoms with Gasteiger partial charge in [0.05, 0.1) is 0 Å². The van der Waals surface area contributed by atoms with Crippen molar-refractivity contribution in [3.8, 4) is 17.2 Å². The first-order valence-corrected chi connectivity index (χ1v) is 7.41. The molecule has 0 saturated heterocycles. The molecule has 0 unspecified atom stereocenters. The molecule has 0 spiro atoms. The second-order valence-electron chi connectivity index (χ2n) is 4.50. The van der Waals surface area contributed by atoms with Crippen LogP contribution in [0.5, 0.6) is 0 Å². The summed E-state index contributed by atoms with van der Waals surface area (Å²) in [5.74, 6) is 1.44. The predicted molar refractivity (Wildman–Crippen MR) is 78.1 cm³/mol. The molecule has 0 bridgehead atoms. The van der Waals surface area contributed by atoms with E-state index < -0.39 is 0 Å². The van der Waals surface area contributed by atoms with Crippen LogP contribution in [0.15, 0.2) is 40.0 Å². The topological polar surface area (TPSA) is 56.7 Å². The molecule has 5 nitrogen and oxygen atoms in total. The molecule has 0 aliphatic heterocycles. The second-order valence-corrected chi connectivity index (χ2v) is 5.28. The number of hydrogen-bond donors (Lipinski definition) is 0. The van der Waals surface area contributed by atoms with Gasteiger partial charge in [-0.05, 0) is 32.2 Å². The molecule has 2 heterocycles. The Balaban J connectivity index is 2.17. The van der Waals surface area contributed by atoms with E-state index in [0.717, 1.165) is 16.6 Å². The number of benzene rings is 1. The van der Waals surface area contributed by atoms with E-state index in [4.69, 9.17) is 4.52 Å². The van der Waals surface area contributed by atoms with Crippen LogP contribution in [0.4, 0.5) is 0 Å². The van der Waals surface area contributed by atoms with Gasteiger partial charge in [0.25, 0.3) is 0 Å². The second kappa shape index (κ2) is 5.13. The molecule has 0 N–H and O–H groups in total. The largest absolute Gasteiger partial charge is 0.361 e. The highest BCUT2D eigenvalue weighted by molar-refractivity contribution is 7.98. The minimum Gasteiger partial charge on any atom is -0.361 e. The molecule has 0 saturated carbocycles. The first-order valence-electron chi connectivity index (χ1n) is 6.19. The van der Waals surface area contributed by atoms with Gasteiger partial charge in [-0.2, -0.15) is 0 Å². The third-order valence-corrected chi connectivity index (χ3v) is 3.59. The van der Waals surface area contributed by atoms with Gasteiger partial charge in [0.15, 0.2) is 16.7 Å². The molecule has 6 heteroatoms. The SMILES string of the molecule is CSc1nnc(-c2cc(C)on2)n1-c1ccc(C)cc1. The quantitative estimate of drug-likeness (QED) is 0.692. The number of thioether (sulfide) groups is 1. The maximum absolute atomic E-state index is 5.13. The molecule has 0 fully saturated rings. The summed E-state index contributed by atoms with van der Waals surface area (Å²) in [6.45, 7) is 3.92. The van der Waals surface area contributed by atoms with Crippen LogP contribution in [0.3, 0.4) is 0 Å². The average Bonchev–Trinajstić information content (AvgIpc) is 3.05. The smallest absolute Gasteiger partial charge is 0.195 e. The van der Waals surface area contributed by atoms with Crippen molar-refractivity contribution in [3.05, 3.63) is 41.7 Å². The lowest BCUT2D eigenvalue weighted by atomic mass is 10.2. The maximum atomic E-state index is 5.13. The van der Waals surface area contributed by atoms with E-state index in [-0.39, 0.29) is 0 Å². The molecule has 3 aromatic rings. The fourth-order valence-corrected chi connectivity index (χ4v) is 2.46. The van der Waals surface area contributed by atoms with Crippen molar-refractivity contribution < 1.29 is 4.52 Å². The minimum absolute atomic E-state index is 0.690. The van der Waals surface area contributed by atoms with Crippen molar-refractivity contribution in [2.24, 2.45) is 0 Å². The number of hydrogen-bond acceptors (Lipinski definition) is 5. The average molecular weight is 286 g/mol. The Bertz CT molecular complexity index is 730. The van der Waals surface area contributed by atoms with Crippen molar-refractivity contribution in [1.82, 2.24) is 19.9 Å². The molecule has 0 amide bonds. The number of aromatic nitrogens is 4. The van der Waals surface area contributed by atoms with Crippen LogP contribution in [0.25, 0.3) is 17.2 Å². The van der Waals surface area contributed by atoms with Gasteiger partial charge >= 0.3 is 0 Å². The van der Waals surface area contributed by atoms with Gasteiger partial charge in [-0.15, -0.1) is 10.2 Å². The van der Waals surface area contributed by atoms with E-state index in [9.17, 15) is 0 Å². The molecular formula is C14H14N4OS. The Morgan fingerprint density at radius 2 is 1.85 bits per heavy atom. The van der Waals surface area contributed by atoms with Crippen molar-refractivity contribution in [2.75, 3.05) is 6.26 Å². The lowest BCUT2D eigenvalue weighted by molar-refractivity contribution is 0.399. The van der Waals surface area contributed by atoms with Crippen LogP contribution in [-0.2, 0) is 0 Å². The molecule has 2 aromatic heterocycles. The monoisotopic (exact) mass is 286 g/mol. The first-order chi connectivity index (χ1) is 9.69. The zero-order valence-corrected chi connectivity index (χ0v) is 12.3. The molecule has 102 valence electrons. The summed E-state index contributed by atoms with van der Waals surface area (Å²) in [5, 5.41) is 13.3. The molecule has 1 aromatic carbocycles. The standard InChI is InChI=1S/C14H14N4OS/c1-9-4-6-11(7-5-9)18-13(15-16-14(18)20-3)12-8-10(2)19-17-12/h4-8H,1-3H3. The summed E-state index contributed by atoms with van der Waals surface area (Å²) in [6.07, 6.45) is 1.98. The van der Waals surface area contributed by atoms with Gasteiger partial charge < -0.3 is 4.52 Å². The first kappa shape index (κ1) is 12.9. The van der Waals surface area contributed by atoms with Crippen molar-refractivity contribution in [1.29, 1.82) is 0 Å². The fraction of sp³-hybridized carbons (Fsp3) is 0.214. The van der Waals surface area contributed by atoms with E-state index in [2.05, 4.69) is 46.5 Å². The van der Waals surface area contributed by atoms with Crippen molar-refractivity contribution >= 4 is 11.8 Å². The van der Waals surface area contributed by atoms with Crippen LogP contribution in [0.1, 0.15) is 11.3 Å². The molecule has 20 heavy (non-hydrogen) atoms. The molecule has 3 rings (SSSR count). The maximum Gasteiger partial charge on any atom is 0.195 e. The minimum atomic E-state index is 0.690. The summed E-state index contributed by atoms with van der Waals surface area (Å²) < 4.78 is 7.12. The summed E-state index contributed by atoms with van der Waals surface area (Å²) in [5.41, 5.74) is 2.92. The van der Waals surface area contributed by atoms with Gasteiger partial charge in [-0.25, -0.2) is 0 Å². The summed E-state index contributed by atoms with van der Waals surface area (Å²) in [4.78, 5) is 0. The number of rotatable bonds is 3. The Labute approximate surface area is 121 Å². The molecule has 0 atom stereocenters. The number of aryl methyl sites for hydroxylation is 2. The molecule has 0 radical (unpaired) electrons. The van der Waals surface area contributed by atoms with Gasteiger partial charge in [0.1, 0.15) is 5.76 Å². The Kier molecular flexibility index (Phi) is 3.31. The lowest BCUT2D eigenvalue weighted by Gasteiger charge is -2.07. The highest BCUT2D eigenvalue weighted by atomic mass is 32.2. The van der Waals surface area contributed by atoms with Gasteiger partial charge in [-0.3, -0.25) is 4.57 Å². The summed E-state index contributed by atoms with van der Waals surface area (Å²) in [6, 6.07) is 10.1. The zero-order chi connectivity index (χ0) is 14.1. The number of nitrogens with zero attached hydrogens (tertiary/aromatic N) is 4. The highest BCUT2D eigenvalue weighted by Crippen LogP contribution is 2.26. The van der Waals surface area contributed by atoms with Crippen LogP contribution in [0.2, 0.25) is 0 Å². The van der Waals surface area contributed by atoms with Crippen LogP contribution >= 0.6 is 11.8 Å². The molecule has 0 aliphatic rings. The lowest BCUT2D eigenvalue weighted by Crippen LogP contribution is -1.99. The predicted octanol–water partition coefficient (Wildman–Crippen LogP) is 3.26. The van der Waals surface area contributed by atoms with Crippen LogP contribution < -0.4 is 0 Å². The third kappa shape index (κ3) is 2.22. The molecular weight excluding hydrogens is 272 g/mol. The Morgan fingerprint density at radius 1 is 1.10 bits per heavy atom. The zero-order valence-electron chi connectivity index (χ0n) is 11.5. The van der Waals surface area contributed by atoms with Crippen molar-refractivity contribution in [2.45, 2.75) is 19.0 Å². The third-order valence-electron chi connectivity index (χ3n) is 2.97. The van der Waals surface area contributed by atoms with Gasteiger partial charge in [0.2, 0.25) is 0 Å². The van der Waals surface area contributed by atoms with E-state index in [1.165, 1.54) is 5.56 Å². The fourth-order valence-electron chi connectivity index (χ4n) is 1.97. The normalized spacial score (nSPS) is 10.9. The van der Waals surface area contributed by atoms with E-state index in [1.807, 2.05) is 23.8 Å². The Morgan fingerprint density at radius 3 is 2.45 bits per heavy atom. The van der Waals surface area contributed by atoms with Crippen LogP contribution in [0, 0.1) is 13.8 Å². The van der Waals surface area contributed by atoms with Gasteiger partial charge in [0, 0.05) is 11.8 Å². The Hall–Kier alpha value is -2.08. The highest BCUT2D eigenvalue weighted by Gasteiger charge is 2.17. The summed E-state index contributed by atoms with van der Waals surface area (Å²) >= 11 is 1.55. The molecule has 0 aliphatic carbocycles. The van der Waals surface area contributed by atoms with E-state index >= 15 is 0 Å². The van der Waals surface area contributed by atoms with E-state index in [0.29, 0.717) is 11.5 Å². The summed E-state index contributed by atoms with van der Waals surface area (Å²) in [7, 11) is 0. The van der Waals surface area contributed by atoms with E-state index in [1.54, 1.807) is 11.8 Å². The van der Waals surface area contributed by atoms with Crippen molar-refractivity contribution in [3.63, 3.8) is 0 Å².